The van der Waals surface area contributed by atoms with Crippen molar-refractivity contribution >= 4 is 32.9 Å². The van der Waals surface area contributed by atoms with Crippen molar-refractivity contribution in [1.82, 2.24) is 14.9 Å². The van der Waals surface area contributed by atoms with E-state index in [1.807, 2.05) is 16.4 Å². The molecular formula is C12H17N3OS2. The average molecular weight is 283 g/mol. The first-order valence-corrected chi connectivity index (χ1v) is 7.75. The molecule has 1 aliphatic heterocycles. The van der Waals surface area contributed by atoms with Crippen LogP contribution >= 0.6 is 22.7 Å². The quantitative estimate of drug-likeness (QED) is 0.847. The number of hydrogen-bond acceptors (Lipinski definition) is 6. The van der Waals surface area contributed by atoms with Crippen molar-refractivity contribution in [2.75, 3.05) is 33.2 Å². The fraction of sp³-hybridized carbons (Fsp3) is 0.583. The van der Waals surface area contributed by atoms with E-state index in [1.165, 1.54) is 14.5 Å². The Labute approximate surface area is 115 Å². The Balaban J connectivity index is 1.77. The maximum Gasteiger partial charge on any atom is 0.295 e. The van der Waals surface area contributed by atoms with E-state index in [0.29, 0.717) is 0 Å². The predicted octanol–water partition coefficient (Wildman–Crippen LogP) is 2.52. The van der Waals surface area contributed by atoms with Crippen molar-refractivity contribution in [3.63, 3.8) is 0 Å². The summed E-state index contributed by atoms with van der Waals surface area (Å²) >= 11 is 3.48. The molecule has 0 bridgehead atoms. The molecule has 3 rings (SSSR count). The number of aryl methyl sites for hydroxylation is 2. The molecule has 0 N–H and O–H groups in total. The van der Waals surface area contributed by atoms with Crippen LogP contribution in [-0.2, 0) is 0 Å². The lowest BCUT2D eigenvalue weighted by Crippen LogP contribution is -2.45. The van der Waals surface area contributed by atoms with Crippen LogP contribution in [0.1, 0.15) is 9.75 Å². The summed E-state index contributed by atoms with van der Waals surface area (Å²) in [6, 6.07) is 0. The first kappa shape index (κ1) is 12.3. The zero-order chi connectivity index (χ0) is 12.7. The third-order valence-electron chi connectivity index (χ3n) is 3.24. The molecule has 0 saturated carbocycles. The topological polar surface area (TPSA) is 28.6 Å². The van der Waals surface area contributed by atoms with Crippen LogP contribution in [-0.4, -0.2) is 48.2 Å². The minimum absolute atomic E-state index is 0.781. The van der Waals surface area contributed by atoms with Crippen LogP contribution in [0.4, 0.5) is 0 Å². The standard InChI is InChI=1S/C12H17N3OS2/c1-8-10-11(9(2)17-8)18-12(13-10)16-15-6-4-14(3)5-7-15/h4-7H2,1-3H3. The van der Waals surface area contributed by atoms with Crippen molar-refractivity contribution in [3.05, 3.63) is 9.75 Å². The van der Waals surface area contributed by atoms with Crippen molar-refractivity contribution in [1.29, 1.82) is 0 Å². The number of thiazole rings is 1. The molecule has 18 heavy (non-hydrogen) atoms. The maximum atomic E-state index is 5.88. The average Bonchev–Trinajstić information content (AvgIpc) is 2.85. The van der Waals surface area contributed by atoms with Crippen molar-refractivity contribution in [3.8, 4) is 5.19 Å². The van der Waals surface area contributed by atoms with Crippen LogP contribution in [0.3, 0.4) is 0 Å². The Kier molecular flexibility index (Phi) is 3.27. The second-order valence-electron chi connectivity index (χ2n) is 4.70. The molecule has 98 valence electrons. The molecule has 0 radical (unpaired) electrons. The summed E-state index contributed by atoms with van der Waals surface area (Å²) in [5, 5.41) is 2.80. The van der Waals surface area contributed by atoms with E-state index in [9.17, 15) is 0 Å². The lowest BCUT2D eigenvalue weighted by atomic mass is 10.4. The molecule has 0 unspecified atom stereocenters. The number of fused-ring (bicyclic) bond motifs is 1. The Morgan fingerprint density at radius 2 is 1.78 bits per heavy atom. The van der Waals surface area contributed by atoms with Crippen LogP contribution in [0.5, 0.6) is 5.19 Å². The lowest BCUT2D eigenvalue weighted by Gasteiger charge is -2.30. The number of nitrogens with zero attached hydrogens (tertiary/aromatic N) is 3. The highest BCUT2D eigenvalue weighted by Gasteiger charge is 2.18. The van der Waals surface area contributed by atoms with Crippen molar-refractivity contribution in [2.24, 2.45) is 0 Å². The van der Waals surface area contributed by atoms with Gasteiger partial charge >= 0.3 is 0 Å². The summed E-state index contributed by atoms with van der Waals surface area (Å²) in [7, 11) is 2.14. The minimum atomic E-state index is 0.781. The van der Waals surface area contributed by atoms with Gasteiger partial charge < -0.3 is 9.74 Å². The zero-order valence-electron chi connectivity index (χ0n) is 10.9. The van der Waals surface area contributed by atoms with Crippen LogP contribution < -0.4 is 4.84 Å². The fourth-order valence-corrected chi connectivity index (χ4v) is 4.23. The maximum absolute atomic E-state index is 5.88. The molecule has 0 aromatic carbocycles. The molecule has 6 heteroatoms. The summed E-state index contributed by atoms with van der Waals surface area (Å²) in [5.74, 6) is 0. The van der Waals surface area contributed by atoms with Crippen LogP contribution in [0.2, 0.25) is 0 Å². The summed E-state index contributed by atoms with van der Waals surface area (Å²) in [5.41, 5.74) is 1.12. The molecule has 1 aliphatic rings. The highest BCUT2D eigenvalue weighted by atomic mass is 32.1. The van der Waals surface area contributed by atoms with Crippen molar-refractivity contribution in [2.45, 2.75) is 13.8 Å². The molecule has 0 atom stereocenters. The Bertz CT molecular complexity index is 520. The monoisotopic (exact) mass is 283 g/mol. The van der Waals surface area contributed by atoms with Gasteiger partial charge in [-0.25, -0.2) is 4.98 Å². The molecule has 0 amide bonds. The van der Waals surface area contributed by atoms with E-state index in [1.54, 1.807) is 11.3 Å². The normalized spacial score (nSPS) is 18.6. The van der Waals surface area contributed by atoms with E-state index in [4.69, 9.17) is 4.84 Å². The first-order valence-electron chi connectivity index (χ1n) is 6.11. The number of piperazine rings is 1. The Morgan fingerprint density at radius 1 is 1.06 bits per heavy atom. The van der Waals surface area contributed by atoms with Gasteiger partial charge in [-0.3, -0.25) is 0 Å². The van der Waals surface area contributed by atoms with Gasteiger partial charge in [0.25, 0.3) is 5.19 Å². The predicted molar refractivity (Wildman–Crippen MR) is 76.7 cm³/mol. The van der Waals surface area contributed by atoms with Gasteiger partial charge in [-0.05, 0) is 20.9 Å². The summed E-state index contributed by atoms with van der Waals surface area (Å²) in [4.78, 5) is 15.4. The third kappa shape index (κ3) is 2.25. The van der Waals surface area contributed by atoms with Gasteiger partial charge in [0.05, 0.1) is 10.2 Å². The first-order chi connectivity index (χ1) is 8.63. The summed E-state index contributed by atoms with van der Waals surface area (Å²) in [6.07, 6.45) is 0. The molecule has 3 heterocycles. The number of rotatable bonds is 2. The molecule has 1 fully saturated rings. The largest absolute Gasteiger partial charge is 0.374 e. The van der Waals surface area contributed by atoms with Gasteiger partial charge in [-0.15, -0.1) is 16.4 Å². The highest BCUT2D eigenvalue weighted by Crippen LogP contribution is 2.37. The zero-order valence-corrected chi connectivity index (χ0v) is 12.5. The highest BCUT2D eigenvalue weighted by molar-refractivity contribution is 7.25. The number of aromatic nitrogens is 1. The molecule has 0 aliphatic carbocycles. The van der Waals surface area contributed by atoms with Gasteiger partial charge in [-0.2, -0.15) is 0 Å². The van der Waals surface area contributed by atoms with E-state index >= 15 is 0 Å². The fourth-order valence-electron chi connectivity index (χ4n) is 2.13. The van der Waals surface area contributed by atoms with Gasteiger partial charge in [-0.1, -0.05) is 11.3 Å². The third-order valence-corrected chi connectivity index (χ3v) is 5.42. The van der Waals surface area contributed by atoms with E-state index in [-0.39, 0.29) is 0 Å². The van der Waals surface area contributed by atoms with Crippen LogP contribution in [0.25, 0.3) is 10.2 Å². The minimum Gasteiger partial charge on any atom is -0.374 e. The number of hydroxylamine groups is 2. The van der Waals surface area contributed by atoms with E-state index in [2.05, 4.69) is 30.8 Å². The van der Waals surface area contributed by atoms with Gasteiger partial charge in [0.15, 0.2) is 0 Å². The number of hydrogen-bond donors (Lipinski definition) is 0. The van der Waals surface area contributed by atoms with E-state index < -0.39 is 0 Å². The summed E-state index contributed by atoms with van der Waals surface area (Å²) in [6.45, 7) is 8.27. The van der Waals surface area contributed by atoms with Crippen molar-refractivity contribution < 1.29 is 4.84 Å². The Morgan fingerprint density at radius 3 is 2.44 bits per heavy atom. The SMILES string of the molecule is Cc1sc(C)c2sc(ON3CCN(C)CC3)nc12. The van der Waals surface area contributed by atoms with Gasteiger partial charge in [0.1, 0.15) is 0 Å². The molecule has 1 saturated heterocycles. The molecule has 4 nitrogen and oxygen atoms in total. The summed E-state index contributed by atoms with van der Waals surface area (Å²) < 4.78 is 1.28. The second-order valence-corrected chi connectivity index (χ2v) is 7.09. The van der Waals surface area contributed by atoms with Crippen LogP contribution in [0, 0.1) is 13.8 Å². The van der Waals surface area contributed by atoms with Gasteiger partial charge in [0, 0.05) is 35.9 Å². The molecular weight excluding hydrogens is 266 g/mol. The second kappa shape index (κ2) is 4.77. The van der Waals surface area contributed by atoms with E-state index in [0.717, 1.165) is 36.9 Å². The smallest absolute Gasteiger partial charge is 0.295 e. The lowest BCUT2D eigenvalue weighted by molar-refractivity contribution is -0.0848. The number of thiophene rings is 1. The van der Waals surface area contributed by atoms with Gasteiger partial charge in [0.2, 0.25) is 0 Å². The number of likely N-dealkylation sites (N-methyl/N-ethyl adjacent to an activating group) is 1. The molecule has 2 aromatic rings. The van der Waals surface area contributed by atoms with Crippen LogP contribution in [0.15, 0.2) is 0 Å². The molecule has 0 spiro atoms. The Hall–Kier alpha value is -0.690. The molecule has 2 aromatic heterocycles.